The van der Waals surface area contributed by atoms with Crippen molar-refractivity contribution in [3.05, 3.63) is 23.5 Å². The number of ketones is 1. The number of carbonyl (C=O) groups is 3. The van der Waals surface area contributed by atoms with Crippen LogP contribution in [0.5, 0.6) is 0 Å². The molecule has 0 aliphatic carbocycles. The molecular weight excluding hydrogens is 214 g/mol. The molecule has 1 N–H and O–H groups in total. The summed E-state index contributed by atoms with van der Waals surface area (Å²) in [6.07, 6.45) is -0.247. The summed E-state index contributed by atoms with van der Waals surface area (Å²) in [7, 11) is 2.81. The van der Waals surface area contributed by atoms with Gasteiger partial charge in [-0.15, -0.1) is 0 Å². The number of hydrogen-bond donors (Lipinski definition) is 1. The number of aliphatic carboxylic acids is 1. The predicted octanol–water partition coefficient (Wildman–Crippen LogP) is 0.00790. The highest BCUT2D eigenvalue weighted by molar-refractivity contribution is 6.33. The summed E-state index contributed by atoms with van der Waals surface area (Å²) >= 11 is 0. The Bertz CT molecular complexity index is 446. The molecule has 0 saturated carbocycles. The van der Waals surface area contributed by atoms with Crippen LogP contribution in [0.2, 0.25) is 0 Å². The van der Waals surface area contributed by atoms with Crippen LogP contribution in [0.1, 0.15) is 16.2 Å². The van der Waals surface area contributed by atoms with Gasteiger partial charge in [0.1, 0.15) is 5.69 Å². The highest BCUT2D eigenvalue weighted by atomic mass is 16.5. The van der Waals surface area contributed by atoms with Gasteiger partial charge in [-0.2, -0.15) is 0 Å². The molecule has 0 amide bonds. The lowest BCUT2D eigenvalue weighted by Crippen LogP contribution is -2.18. The second-order valence-electron chi connectivity index (χ2n) is 3.17. The summed E-state index contributed by atoms with van der Waals surface area (Å²) in [5.41, 5.74) is 0.725. The number of nitrogens with zero attached hydrogens (tertiary/aromatic N) is 1. The number of ether oxygens (including phenoxy) is 1. The van der Waals surface area contributed by atoms with Crippen molar-refractivity contribution in [3.8, 4) is 0 Å². The van der Waals surface area contributed by atoms with E-state index in [-0.39, 0.29) is 12.1 Å². The van der Waals surface area contributed by atoms with Gasteiger partial charge in [0.2, 0.25) is 5.78 Å². The quantitative estimate of drug-likeness (QED) is 0.576. The fourth-order valence-corrected chi connectivity index (χ4v) is 1.28. The maximum atomic E-state index is 11.2. The minimum absolute atomic E-state index is 0.247. The van der Waals surface area contributed by atoms with E-state index in [1.165, 1.54) is 23.8 Å². The molecule has 0 bridgehead atoms. The second-order valence-corrected chi connectivity index (χ2v) is 3.17. The molecule has 0 radical (unpaired) electrons. The zero-order chi connectivity index (χ0) is 12.3. The molecule has 1 aromatic rings. The molecule has 0 atom stereocenters. The van der Waals surface area contributed by atoms with E-state index in [1.54, 1.807) is 7.05 Å². The number of rotatable bonds is 4. The van der Waals surface area contributed by atoms with Crippen molar-refractivity contribution in [2.75, 3.05) is 7.11 Å². The molecule has 6 heteroatoms. The molecule has 0 aliphatic rings. The van der Waals surface area contributed by atoms with Crippen LogP contribution in [0.3, 0.4) is 0 Å². The minimum atomic E-state index is -1.49. The molecule has 6 nitrogen and oxygen atoms in total. The number of carboxylic acids is 1. The minimum Gasteiger partial charge on any atom is -0.475 e. The van der Waals surface area contributed by atoms with Crippen LogP contribution in [0.15, 0.2) is 12.1 Å². The van der Waals surface area contributed by atoms with Crippen molar-refractivity contribution in [1.82, 2.24) is 4.57 Å². The summed E-state index contributed by atoms with van der Waals surface area (Å²) in [6, 6.07) is 3.00. The first-order valence-corrected chi connectivity index (χ1v) is 4.46. The lowest BCUT2D eigenvalue weighted by atomic mass is 10.2. The van der Waals surface area contributed by atoms with Crippen LogP contribution in [-0.4, -0.2) is 34.5 Å². The highest BCUT2D eigenvalue weighted by Gasteiger charge is 2.17. The summed E-state index contributed by atoms with van der Waals surface area (Å²) in [5, 5.41) is 8.45. The molecule has 1 heterocycles. The van der Waals surface area contributed by atoms with Gasteiger partial charge in [-0.05, 0) is 12.1 Å². The van der Waals surface area contributed by atoms with Crippen LogP contribution in [0.25, 0.3) is 0 Å². The molecule has 0 unspecified atom stereocenters. The lowest BCUT2D eigenvalue weighted by Gasteiger charge is -2.04. The molecule has 0 saturated heterocycles. The topological polar surface area (TPSA) is 85.6 Å². The Labute approximate surface area is 91.4 Å². The molecule has 16 heavy (non-hydrogen) atoms. The third-order valence-corrected chi connectivity index (χ3v) is 2.20. The largest absolute Gasteiger partial charge is 0.475 e. The Balaban J connectivity index is 2.92. The fourth-order valence-electron chi connectivity index (χ4n) is 1.28. The molecule has 86 valence electrons. The van der Waals surface area contributed by atoms with Crippen molar-refractivity contribution in [2.45, 2.75) is 6.42 Å². The first-order valence-electron chi connectivity index (χ1n) is 4.46. The van der Waals surface area contributed by atoms with E-state index in [9.17, 15) is 14.4 Å². The van der Waals surface area contributed by atoms with Gasteiger partial charge in [0.15, 0.2) is 0 Å². The molecule has 0 fully saturated rings. The number of esters is 1. The van der Waals surface area contributed by atoms with E-state index in [0.717, 1.165) is 0 Å². The van der Waals surface area contributed by atoms with Crippen LogP contribution in [0.4, 0.5) is 0 Å². The van der Waals surface area contributed by atoms with Crippen LogP contribution >= 0.6 is 0 Å². The number of hydrogen-bond acceptors (Lipinski definition) is 4. The number of carbonyl (C=O) groups excluding carboxylic acids is 2. The SMILES string of the molecule is COC(=O)c1ccc(CC(=O)C(=O)O)n1C. The van der Waals surface area contributed by atoms with Crippen LogP contribution < -0.4 is 0 Å². The standard InChI is InChI=1S/C10H11NO5/c1-11-6(5-8(12)9(13)14)3-4-7(11)10(15)16-2/h3-4H,5H2,1-2H3,(H,13,14). The molecule has 1 rings (SSSR count). The Morgan fingerprint density at radius 1 is 1.38 bits per heavy atom. The number of methoxy groups -OCH3 is 1. The Hall–Kier alpha value is -2.11. The monoisotopic (exact) mass is 225 g/mol. The van der Waals surface area contributed by atoms with E-state index in [1.807, 2.05) is 0 Å². The maximum Gasteiger partial charge on any atom is 0.372 e. The Kier molecular flexibility index (Phi) is 3.44. The molecule has 0 spiro atoms. The van der Waals surface area contributed by atoms with Crippen LogP contribution in [-0.2, 0) is 27.8 Å². The van der Waals surface area contributed by atoms with E-state index in [0.29, 0.717) is 5.69 Å². The van der Waals surface area contributed by atoms with Gasteiger partial charge in [0.25, 0.3) is 0 Å². The normalized spacial score (nSPS) is 9.88. The molecule has 0 aliphatic heterocycles. The number of Topliss-reactive ketones (excluding diaryl/α,β-unsaturated/α-hetero) is 1. The lowest BCUT2D eigenvalue weighted by molar-refractivity contribution is -0.148. The van der Waals surface area contributed by atoms with Gasteiger partial charge < -0.3 is 14.4 Å². The van der Waals surface area contributed by atoms with Gasteiger partial charge in [0, 0.05) is 12.7 Å². The van der Waals surface area contributed by atoms with E-state index in [2.05, 4.69) is 4.74 Å². The van der Waals surface area contributed by atoms with E-state index >= 15 is 0 Å². The smallest absolute Gasteiger partial charge is 0.372 e. The van der Waals surface area contributed by atoms with Crippen molar-refractivity contribution in [1.29, 1.82) is 0 Å². The van der Waals surface area contributed by atoms with Gasteiger partial charge >= 0.3 is 11.9 Å². The molecule has 0 aromatic carbocycles. The van der Waals surface area contributed by atoms with E-state index < -0.39 is 17.7 Å². The summed E-state index contributed by atoms with van der Waals surface area (Å²) < 4.78 is 5.96. The third-order valence-electron chi connectivity index (χ3n) is 2.20. The second kappa shape index (κ2) is 4.61. The summed E-state index contributed by atoms with van der Waals surface area (Å²) in [5.74, 6) is -2.94. The number of carboxylic acid groups (broad SMARTS) is 1. The Morgan fingerprint density at radius 3 is 2.50 bits per heavy atom. The predicted molar refractivity (Wildman–Crippen MR) is 53.1 cm³/mol. The van der Waals surface area contributed by atoms with Crippen LogP contribution in [0, 0.1) is 0 Å². The first-order chi connectivity index (χ1) is 7.47. The maximum absolute atomic E-state index is 11.2. The van der Waals surface area contributed by atoms with Gasteiger partial charge in [0.05, 0.1) is 13.5 Å². The van der Waals surface area contributed by atoms with Gasteiger partial charge in [-0.25, -0.2) is 9.59 Å². The Morgan fingerprint density at radius 2 is 2.00 bits per heavy atom. The number of aromatic nitrogens is 1. The fraction of sp³-hybridized carbons (Fsp3) is 0.300. The zero-order valence-corrected chi connectivity index (χ0v) is 8.89. The average Bonchev–Trinajstić information content (AvgIpc) is 2.59. The molecular formula is C10H11NO5. The first kappa shape index (κ1) is 12.0. The van der Waals surface area contributed by atoms with Crippen molar-refractivity contribution < 1.29 is 24.2 Å². The summed E-state index contributed by atoms with van der Waals surface area (Å²) in [4.78, 5) is 32.6. The van der Waals surface area contributed by atoms with Gasteiger partial charge in [-0.1, -0.05) is 0 Å². The van der Waals surface area contributed by atoms with Crippen molar-refractivity contribution in [3.63, 3.8) is 0 Å². The van der Waals surface area contributed by atoms with Crippen molar-refractivity contribution in [2.24, 2.45) is 7.05 Å². The van der Waals surface area contributed by atoms with Gasteiger partial charge in [-0.3, -0.25) is 4.79 Å². The van der Waals surface area contributed by atoms with E-state index in [4.69, 9.17) is 5.11 Å². The summed E-state index contributed by atoms with van der Waals surface area (Å²) in [6.45, 7) is 0. The molecule has 1 aromatic heterocycles. The highest BCUT2D eigenvalue weighted by Crippen LogP contribution is 2.09. The zero-order valence-electron chi connectivity index (χ0n) is 8.89. The van der Waals surface area contributed by atoms with Crippen molar-refractivity contribution >= 4 is 17.7 Å². The average molecular weight is 225 g/mol. The third kappa shape index (κ3) is 2.28.